The lowest BCUT2D eigenvalue weighted by Crippen LogP contribution is -2.32. The Bertz CT molecular complexity index is 1010. The van der Waals surface area contributed by atoms with Gasteiger partial charge in [0.15, 0.2) is 0 Å². The van der Waals surface area contributed by atoms with Crippen molar-refractivity contribution < 1.29 is 14.7 Å². The van der Waals surface area contributed by atoms with E-state index in [0.717, 1.165) is 34.1 Å². The molecule has 1 atom stereocenters. The number of aryl methyl sites for hydroxylation is 2. The van der Waals surface area contributed by atoms with E-state index in [2.05, 4.69) is 15.9 Å². The number of hydrogen-bond acceptors (Lipinski definition) is 4. The average Bonchev–Trinajstić information content (AvgIpc) is 2.94. The molecule has 5 nitrogen and oxygen atoms in total. The molecule has 1 heterocycles. The number of rotatable bonds is 6. The fourth-order valence-electron chi connectivity index (χ4n) is 3.83. The van der Waals surface area contributed by atoms with E-state index in [9.17, 15) is 14.7 Å². The fraction of sp³-hybridized carbons (Fsp3) is 0.333. The summed E-state index contributed by atoms with van der Waals surface area (Å²) < 4.78 is 0.852. The van der Waals surface area contributed by atoms with E-state index in [1.165, 1.54) is 0 Å². The van der Waals surface area contributed by atoms with Crippen molar-refractivity contribution in [2.24, 2.45) is 0 Å². The topological polar surface area (TPSA) is 60.9 Å². The summed E-state index contributed by atoms with van der Waals surface area (Å²) in [5, 5.41) is 11.2. The van der Waals surface area contributed by atoms with Crippen LogP contribution >= 0.6 is 15.9 Å². The molecule has 1 N–H and O–H groups in total. The molecule has 0 bridgehead atoms. The summed E-state index contributed by atoms with van der Waals surface area (Å²) in [4.78, 5) is 29.6. The highest BCUT2D eigenvalue weighted by molar-refractivity contribution is 9.10. The summed E-state index contributed by atoms with van der Waals surface area (Å²) in [6, 6.07) is 12.6. The lowest BCUT2D eigenvalue weighted by atomic mass is 9.93. The quantitative estimate of drug-likeness (QED) is 0.385. The number of hydrogen-bond donors (Lipinski definition) is 1. The number of ketones is 1. The highest BCUT2D eigenvalue weighted by Gasteiger charge is 2.45. The Labute approximate surface area is 186 Å². The Balaban J connectivity index is 2.15. The van der Waals surface area contributed by atoms with Crippen molar-refractivity contribution in [3.8, 4) is 0 Å². The van der Waals surface area contributed by atoms with Crippen LogP contribution in [0.15, 0.2) is 52.5 Å². The van der Waals surface area contributed by atoms with Crippen molar-refractivity contribution in [3.63, 3.8) is 0 Å². The SMILES string of the molecule is Cc1ccc(C)c(/C(O)=C2\C(=O)C(=O)N(CCCN(C)C)C2c2cccc(Br)c2)c1. The van der Waals surface area contributed by atoms with Crippen LogP contribution in [0, 0.1) is 13.8 Å². The van der Waals surface area contributed by atoms with Gasteiger partial charge in [-0.3, -0.25) is 9.59 Å². The second-order valence-corrected chi connectivity index (χ2v) is 8.94. The minimum absolute atomic E-state index is 0.116. The van der Waals surface area contributed by atoms with Crippen LogP contribution in [0.25, 0.3) is 5.76 Å². The van der Waals surface area contributed by atoms with E-state index in [0.29, 0.717) is 12.1 Å². The zero-order chi connectivity index (χ0) is 22.0. The van der Waals surface area contributed by atoms with Gasteiger partial charge in [-0.05, 0) is 70.2 Å². The van der Waals surface area contributed by atoms with Crippen molar-refractivity contribution in [1.82, 2.24) is 9.80 Å². The molecule has 1 aliphatic rings. The summed E-state index contributed by atoms with van der Waals surface area (Å²) in [7, 11) is 3.95. The highest BCUT2D eigenvalue weighted by Crippen LogP contribution is 2.40. The van der Waals surface area contributed by atoms with Gasteiger partial charge in [0.2, 0.25) is 0 Å². The molecule has 1 unspecified atom stereocenters. The Morgan fingerprint density at radius 3 is 2.53 bits per heavy atom. The molecule has 1 amide bonds. The van der Waals surface area contributed by atoms with Crippen LogP contribution in [-0.2, 0) is 9.59 Å². The molecule has 1 aliphatic heterocycles. The third kappa shape index (κ3) is 4.50. The molecule has 158 valence electrons. The molecular formula is C24H27BrN2O3. The molecular weight excluding hydrogens is 444 g/mol. The zero-order valence-electron chi connectivity index (χ0n) is 17.8. The predicted octanol–water partition coefficient (Wildman–Crippen LogP) is 4.44. The van der Waals surface area contributed by atoms with Gasteiger partial charge in [0.1, 0.15) is 5.76 Å². The number of carbonyl (C=O) groups is 2. The monoisotopic (exact) mass is 470 g/mol. The molecule has 30 heavy (non-hydrogen) atoms. The molecule has 0 aliphatic carbocycles. The van der Waals surface area contributed by atoms with E-state index in [4.69, 9.17) is 0 Å². The van der Waals surface area contributed by atoms with Crippen molar-refractivity contribution in [3.05, 3.63) is 74.8 Å². The molecule has 0 spiro atoms. The van der Waals surface area contributed by atoms with Gasteiger partial charge in [-0.15, -0.1) is 0 Å². The second-order valence-electron chi connectivity index (χ2n) is 8.02. The molecule has 2 aromatic carbocycles. The number of nitrogens with zero attached hydrogens (tertiary/aromatic N) is 2. The lowest BCUT2D eigenvalue weighted by Gasteiger charge is -2.26. The maximum atomic E-state index is 13.1. The second kappa shape index (κ2) is 9.14. The first-order valence-electron chi connectivity index (χ1n) is 9.97. The van der Waals surface area contributed by atoms with Gasteiger partial charge in [-0.1, -0.05) is 45.8 Å². The first-order valence-corrected chi connectivity index (χ1v) is 10.8. The van der Waals surface area contributed by atoms with Gasteiger partial charge in [-0.2, -0.15) is 0 Å². The molecule has 1 saturated heterocycles. The number of halogens is 1. The molecule has 2 aromatic rings. The van der Waals surface area contributed by atoms with Crippen LogP contribution in [0.5, 0.6) is 0 Å². The van der Waals surface area contributed by atoms with Gasteiger partial charge in [0, 0.05) is 16.6 Å². The zero-order valence-corrected chi connectivity index (χ0v) is 19.4. The number of amides is 1. The first-order chi connectivity index (χ1) is 14.2. The highest BCUT2D eigenvalue weighted by atomic mass is 79.9. The minimum atomic E-state index is -0.636. The standard InChI is InChI=1S/C24H27BrN2O3/c1-15-9-10-16(2)19(13-15)22(28)20-21(17-7-5-8-18(25)14-17)27(24(30)23(20)29)12-6-11-26(3)4/h5,7-10,13-14,21,28H,6,11-12H2,1-4H3/b22-20+. The van der Waals surface area contributed by atoms with E-state index < -0.39 is 17.7 Å². The van der Waals surface area contributed by atoms with Crippen LogP contribution < -0.4 is 0 Å². The van der Waals surface area contributed by atoms with Crippen molar-refractivity contribution in [2.45, 2.75) is 26.3 Å². The minimum Gasteiger partial charge on any atom is -0.507 e. The Morgan fingerprint density at radius 2 is 1.87 bits per heavy atom. The van der Waals surface area contributed by atoms with Crippen LogP contribution in [-0.4, -0.2) is 53.8 Å². The summed E-state index contributed by atoms with van der Waals surface area (Å²) >= 11 is 3.48. The fourth-order valence-corrected chi connectivity index (χ4v) is 4.24. The van der Waals surface area contributed by atoms with Gasteiger partial charge >= 0.3 is 0 Å². The third-order valence-corrected chi connectivity index (χ3v) is 5.85. The van der Waals surface area contributed by atoms with Crippen LogP contribution in [0.2, 0.25) is 0 Å². The molecule has 1 fully saturated rings. The van der Waals surface area contributed by atoms with E-state index >= 15 is 0 Å². The van der Waals surface area contributed by atoms with Crippen LogP contribution in [0.4, 0.5) is 0 Å². The maximum absolute atomic E-state index is 13.1. The Morgan fingerprint density at radius 1 is 1.13 bits per heavy atom. The van der Waals surface area contributed by atoms with Gasteiger partial charge in [0.25, 0.3) is 11.7 Å². The Hall–Kier alpha value is -2.44. The third-order valence-electron chi connectivity index (χ3n) is 5.36. The summed E-state index contributed by atoms with van der Waals surface area (Å²) in [5.74, 6) is -1.32. The van der Waals surface area contributed by atoms with Crippen molar-refractivity contribution in [2.75, 3.05) is 27.2 Å². The number of aliphatic hydroxyl groups is 1. The van der Waals surface area contributed by atoms with Gasteiger partial charge in [-0.25, -0.2) is 0 Å². The summed E-state index contributed by atoms with van der Waals surface area (Å²) in [6.07, 6.45) is 0.730. The lowest BCUT2D eigenvalue weighted by molar-refractivity contribution is -0.139. The van der Waals surface area contributed by atoms with E-state index in [1.54, 1.807) is 4.90 Å². The molecule has 0 aromatic heterocycles. The van der Waals surface area contributed by atoms with Gasteiger partial charge < -0.3 is 14.9 Å². The molecule has 0 radical (unpaired) electrons. The number of likely N-dealkylation sites (tertiary alicyclic amines) is 1. The van der Waals surface area contributed by atoms with Gasteiger partial charge in [0.05, 0.1) is 11.6 Å². The van der Waals surface area contributed by atoms with E-state index in [1.807, 2.05) is 75.3 Å². The average molecular weight is 471 g/mol. The predicted molar refractivity (Wildman–Crippen MR) is 122 cm³/mol. The smallest absolute Gasteiger partial charge is 0.295 e. The van der Waals surface area contributed by atoms with Crippen molar-refractivity contribution >= 4 is 33.4 Å². The molecule has 3 rings (SSSR count). The number of carbonyl (C=O) groups excluding carboxylic acids is 2. The van der Waals surface area contributed by atoms with Crippen LogP contribution in [0.3, 0.4) is 0 Å². The molecule has 0 saturated carbocycles. The first kappa shape index (κ1) is 22.2. The number of aliphatic hydroxyl groups excluding tert-OH is 1. The molecule has 6 heteroatoms. The number of Topliss-reactive ketones (excluding diaryl/α,β-unsaturated/α-hetero) is 1. The summed E-state index contributed by atoms with van der Waals surface area (Å²) in [5.41, 5.74) is 3.35. The van der Waals surface area contributed by atoms with E-state index in [-0.39, 0.29) is 11.3 Å². The normalized spacial score (nSPS) is 18.5. The summed E-state index contributed by atoms with van der Waals surface area (Å²) in [6.45, 7) is 5.05. The maximum Gasteiger partial charge on any atom is 0.295 e. The largest absolute Gasteiger partial charge is 0.507 e. The Kier molecular flexibility index (Phi) is 6.78. The van der Waals surface area contributed by atoms with Crippen LogP contribution in [0.1, 0.15) is 34.7 Å². The van der Waals surface area contributed by atoms with Crippen molar-refractivity contribution in [1.29, 1.82) is 0 Å². The number of benzene rings is 2.